The van der Waals surface area contributed by atoms with Crippen molar-refractivity contribution in [1.29, 1.82) is 0 Å². The highest BCUT2D eigenvalue weighted by Crippen LogP contribution is 2.34. The molecule has 4 rings (SSSR count). The van der Waals surface area contributed by atoms with Crippen LogP contribution in [0, 0.1) is 0 Å². The maximum absolute atomic E-state index is 13.1. The number of benzene rings is 2. The van der Waals surface area contributed by atoms with Crippen molar-refractivity contribution in [2.75, 3.05) is 12.4 Å². The summed E-state index contributed by atoms with van der Waals surface area (Å²) in [6.07, 6.45) is -1.48. The lowest BCUT2D eigenvalue weighted by Gasteiger charge is -2.13. The third-order valence-corrected chi connectivity index (χ3v) is 5.58. The summed E-state index contributed by atoms with van der Waals surface area (Å²) in [5.41, 5.74) is 0.875. The van der Waals surface area contributed by atoms with E-state index < -0.39 is 17.6 Å². The van der Waals surface area contributed by atoms with Gasteiger partial charge in [-0.2, -0.15) is 18.3 Å². The molecular formula is C21H16F3N5O2S. The fraction of sp³-hybridized carbons (Fsp3) is 0.143. The van der Waals surface area contributed by atoms with Gasteiger partial charge in [0.1, 0.15) is 17.1 Å². The number of carbonyl (C=O) groups is 1. The third-order valence-electron chi connectivity index (χ3n) is 4.50. The van der Waals surface area contributed by atoms with Gasteiger partial charge in [-0.05, 0) is 29.8 Å². The number of amides is 1. The summed E-state index contributed by atoms with van der Waals surface area (Å²) in [6.45, 7) is 0. The van der Waals surface area contributed by atoms with Crippen LogP contribution in [0.3, 0.4) is 0 Å². The van der Waals surface area contributed by atoms with Gasteiger partial charge in [0.15, 0.2) is 5.65 Å². The predicted octanol–water partition coefficient (Wildman–Crippen LogP) is 4.92. The molecule has 0 atom stereocenters. The molecule has 0 aliphatic heterocycles. The number of fused-ring (bicyclic) bond motifs is 1. The lowest BCUT2D eigenvalue weighted by atomic mass is 10.1. The van der Waals surface area contributed by atoms with Crippen LogP contribution in [0.2, 0.25) is 0 Å². The maximum atomic E-state index is 13.1. The number of nitrogens with zero attached hydrogens (tertiary/aromatic N) is 3. The molecule has 32 heavy (non-hydrogen) atoms. The first-order chi connectivity index (χ1) is 15.3. The largest absolute Gasteiger partial charge is 0.497 e. The summed E-state index contributed by atoms with van der Waals surface area (Å²) in [7, 11) is 1.26. The van der Waals surface area contributed by atoms with E-state index in [1.54, 1.807) is 24.4 Å². The van der Waals surface area contributed by atoms with Crippen molar-refractivity contribution >= 4 is 34.4 Å². The molecule has 0 spiro atoms. The van der Waals surface area contributed by atoms with Gasteiger partial charge in [0, 0.05) is 23.1 Å². The second-order valence-corrected chi connectivity index (χ2v) is 7.67. The smallest absolute Gasteiger partial charge is 0.416 e. The van der Waals surface area contributed by atoms with E-state index in [-0.39, 0.29) is 11.4 Å². The van der Waals surface area contributed by atoms with Gasteiger partial charge >= 0.3 is 6.18 Å². The molecule has 0 fully saturated rings. The minimum atomic E-state index is -4.56. The summed E-state index contributed by atoms with van der Waals surface area (Å²) < 4.78 is 44.3. The normalized spacial score (nSPS) is 11.5. The first-order valence-electron chi connectivity index (χ1n) is 9.27. The summed E-state index contributed by atoms with van der Waals surface area (Å²) in [5.74, 6) is -0.0105. The highest BCUT2D eigenvalue weighted by atomic mass is 32.2. The summed E-state index contributed by atoms with van der Waals surface area (Å²) in [5, 5.41) is 10.8. The van der Waals surface area contributed by atoms with E-state index in [1.807, 2.05) is 6.07 Å². The van der Waals surface area contributed by atoms with E-state index in [0.717, 1.165) is 28.1 Å². The Morgan fingerprint density at radius 1 is 1.19 bits per heavy atom. The van der Waals surface area contributed by atoms with Crippen LogP contribution in [0.1, 0.15) is 21.5 Å². The van der Waals surface area contributed by atoms with Crippen LogP contribution in [0.5, 0.6) is 5.75 Å². The van der Waals surface area contributed by atoms with Gasteiger partial charge in [0.25, 0.3) is 5.91 Å². The highest BCUT2D eigenvalue weighted by molar-refractivity contribution is 7.98. The lowest BCUT2D eigenvalue weighted by molar-refractivity contribution is -0.137. The van der Waals surface area contributed by atoms with Crippen molar-refractivity contribution in [2.24, 2.45) is 0 Å². The van der Waals surface area contributed by atoms with Crippen LogP contribution in [0.15, 0.2) is 60.0 Å². The van der Waals surface area contributed by atoms with Crippen LogP contribution < -0.4 is 10.1 Å². The maximum Gasteiger partial charge on any atom is 0.416 e. The van der Waals surface area contributed by atoms with E-state index >= 15 is 0 Å². The predicted molar refractivity (Wildman–Crippen MR) is 114 cm³/mol. The minimum Gasteiger partial charge on any atom is -0.497 e. The number of ether oxygens (including phenoxy) is 1. The Balaban J connectivity index is 1.50. The molecule has 2 aromatic carbocycles. The molecule has 0 bridgehead atoms. The van der Waals surface area contributed by atoms with Crippen molar-refractivity contribution < 1.29 is 22.7 Å². The molecule has 4 aromatic rings. The average Bonchev–Trinajstić information content (AvgIpc) is 3.26. The van der Waals surface area contributed by atoms with Crippen molar-refractivity contribution in [3.05, 3.63) is 71.7 Å². The van der Waals surface area contributed by atoms with E-state index in [1.165, 1.54) is 31.3 Å². The molecule has 2 N–H and O–H groups in total. The van der Waals surface area contributed by atoms with Crippen LogP contribution in [0.25, 0.3) is 11.0 Å². The fourth-order valence-corrected chi connectivity index (χ4v) is 3.88. The number of alkyl halides is 3. The second-order valence-electron chi connectivity index (χ2n) is 6.70. The van der Waals surface area contributed by atoms with Crippen LogP contribution in [-0.2, 0) is 11.9 Å². The SMILES string of the molecule is COc1cc(NC(=O)c2cccc(CSc3ncnc4[nH]ncc34)c2)cc(C(F)(F)F)c1. The molecule has 7 nitrogen and oxygen atoms in total. The number of anilines is 1. The molecule has 0 unspecified atom stereocenters. The number of nitrogens with one attached hydrogen (secondary N) is 2. The van der Waals surface area contributed by atoms with Gasteiger partial charge in [-0.25, -0.2) is 9.97 Å². The van der Waals surface area contributed by atoms with E-state index in [4.69, 9.17) is 4.74 Å². The quantitative estimate of drug-likeness (QED) is 0.314. The Labute approximate surface area is 184 Å². The number of hydrogen-bond donors (Lipinski definition) is 2. The molecule has 0 aliphatic rings. The standard InChI is InChI=1S/C21H16F3N5O2S/c1-31-16-7-14(21(22,23)24)6-15(8-16)28-19(30)13-4-2-3-12(5-13)10-32-20-17-9-27-29-18(17)25-11-26-20/h2-9,11H,10H2,1H3,(H,28,30)(H,25,26,27,29). The molecule has 164 valence electrons. The molecule has 0 saturated heterocycles. The molecular weight excluding hydrogens is 443 g/mol. The topological polar surface area (TPSA) is 92.8 Å². The molecule has 1 amide bonds. The van der Waals surface area contributed by atoms with Gasteiger partial charge in [-0.3, -0.25) is 9.89 Å². The zero-order chi connectivity index (χ0) is 22.7. The Kier molecular flexibility index (Phi) is 5.99. The molecule has 2 heterocycles. The van der Waals surface area contributed by atoms with Crippen LogP contribution in [-0.4, -0.2) is 33.2 Å². The number of carbonyl (C=O) groups excluding carboxylic acids is 1. The Morgan fingerprint density at radius 3 is 2.81 bits per heavy atom. The number of rotatable bonds is 6. The number of methoxy groups -OCH3 is 1. The Hall–Kier alpha value is -3.60. The molecule has 11 heteroatoms. The number of halogens is 3. The zero-order valence-electron chi connectivity index (χ0n) is 16.6. The third kappa shape index (κ3) is 4.83. The molecule has 0 radical (unpaired) electrons. The summed E-state index contributed by atoms with van der Waals surface area (Å²) >= 11 is 1.46. The first-order valence-corrected chi connectivity index (χ1v) is 10.3. The number of thioether (sulfide) groups is 1. The van der Waals surface area contributed by atoms with E-state index in [9.17, 15) is 18.0 Å². The number of hydrogen-bond acceptors (Lipinski definition) is 6. The Bertz CT molecular complexity index is 1280. The Morgan fingerprint density at radius 2 is 2.03 bits per heavy atom. The van der Waals surface area contributed by atoms with Gasteiger partial charge in [0.05, 0.1) is 24.3 Å². The van der Waals surface area contributed by atoms with Crippen molar-refractivity contribution in [3.8, 4) is 5.75 Å². The molecule has 0 saturated carbocycles. The summed E-state index contributed by atoms with van der Waals surface area (Å²) in [6, 6.07) is 9.91. The van der Waals surface area contributed by atoms with E-state index in [0.29, 0.717) is 17.0 Å². The fourth-order valence-electron chi connectivity index (χ4n) is 2.97. The van der Waals surface area contributed by atoms with Crippen LogP contribution >= 0.6 is 11.8 Å². The first kappa shape index (κ1) is 21.6. The van der Waals surface area contributed by atoms with Gasteiger partial charge < -0.3 is 10.1 Å². The van der Waals surface area contributed by atoms with Crippen molar-refractivity contribution in [3.63, 3.8) is 0 Å². The monoisotopic (exact) mass is 459 g/mol. The number of H-pyrrole nitrogens is 1. The van der Waals surface area contributed by atoms with Gasteiger partial charge in [0.2, 0.25) is 0 Å². The minimum absolute atomic E-state index is 0.00399. The molecule has 0 aliphatic carbocycles. The number of aromatic amines is 1. The van der Waals surface area contributed by atoms with Gasteiger partial charge in [-0.15, -0.1) is 11.8 Å². The lowest BCUT2D eigenvalue weighted by Crippen LogP contribution is -2.13. The van der Waals surface area contributed by atoms with E-state index in [2.05, 4.69) is 25.5 Å². The van der Waals surface area contributed by atoms with Crippen molar-refractivity contribution in [2.45, 2.75) is 17.0 Å². The zero-order valence-corrected chi connectivity index (χ0v) is 17.4. The highest BCUT2D eigenvalue weighted by Gasteiger charge is 2.31. The van der Waals surface area contributed by atoms with Crippen molar-refractivity contribution in [1.82, 2.24) is 20.2 Å². The molecule has 2 aromatic heterocycles. The number of aromatic nitrogens is 4. The average molecular weight is 459 g/mol. The van der Waals surface area contributed by atoms with Gasteiger partial charge in [-0.1, -0.05) is 12.1 Å². The second kappa shape index (κ2) is 8.87. The summed E-state index contributed by atoms with van der Waals surface area (Å²) in [4.78, 5) is 21.0. The van der Waals surface area contributed by atoms with Crippen LogP contribution in [0.4, 0.5) is 18.9 Å².